The van der Waals surface area contributed by atoms with Crippen molar-refractivity contribution in [2.75, 3.05) is 25.4 Å². The minimum absolute atomic E-state index is 0.0403. The summed E-state index contributed by atoms with van der Waals surface area (Å²) in [4.78, 5) is 26.0. The second-order valence-corrected chi connectivity index (χ2v) is 5.45. The van der Waals surface area contributed by atoms with Crippen LogP contribution in [0.1, 0.15) is 32.3 Å². The third kappa shape index (κ3) is 3.17. The summed E-state index contributed by atoms with van der Waals surface area (Å²) in [6, 6.07) is 7.41. The molecule has 5 heteroatoms. The van der Waals surface area contributed by atoms with Gasteiger partial charge in [0.05, 0.1) is 12.0 Å². The number of nitrogen functional groups attached to an aromatic ring is 1. The molecule has 0 atom stereocenters. The first-order chi connectivity index (χ1) is 10.0. The van der Waals surface area contributed by atoms with Crippen LogP contribution in [0.5, 0.6) is 0 Å². The molecule has 3 N–H and O–H groups in total. The minimum atomic E-state index is -0.461. The van der Waals surface area contributed by atoms with Crippen molar-refractivity contribution < 1.29 is 9.59 Å². The molecule has 1 aliphatic carbocycles. The molecule has 0 heterocycles. The van der Waals surface area contributed by atoms with E-state index in [1.165, 1.54) is 0 Å². The molecule has 1 aliphatic rings. The highest BCUT2D eigenvalue weighted by Crippen LogP contribution is 2.48. The zero-order valence-corrected chi connectivity index (χ0v) is 12.7. The number of likely N-dealkylation sites (N-methyl/N-ethyl adjacent to an activating group) is 1. The summed E-state index contributed by atoms with van der Waals surface area (Å²) in [5, 5.41) is 2.79. The molecule has 0 spiro atoms. The van der Waals surface area contributed by atoms with E-state index >= 15 is 0 Å². The van der Waals surface area contributed by atoms with Crippen LogP contribution < -0.4 is 11.1 Å². The Hall–Kier alpha value is -2.04. The zero-order chi connectivity index (χ0) is 15.5. The number of nitrogens with one attached hydrogen (secondary N) is 1. The van der Waals surface area contributed by atoms with E-state index < -0.39 is 5.41 Å². The van der Waals surface area contributed by atoms with Crippen LogP contribution in [-0.4, -0.2) is 36.3 Å². The fraction of sp³-hybridized carbons (Fsp3) is 0.500. The highest BCUT2D eigenvalue weighted by Gasteiger charge is 2.51. The van der Waals surface area contributed by atoms with Crippen LogP contribution in [0.25, 0.3) is 0 Å². The minimum Gasteiger partial charge on any atom is -0.399 e. The number of hydrogen-bond acceptors (Lipinski definition) is 3. The van der Waals surface area contributed by atoms with Gasteiger partial charge < -0.3 is 16.0 Å². The van der Waals surface area contributed by atoms with E-state index in [9.17, 15) is 9.59 Å². The van der Waals surface area contributed by atoms with Crippen molar-refractivity contribution >= 4 is 17.5 Å². The molecule has 1 aromatic carbocycles. The number of anilines is 1. The summed E-state index contributed by atoms with van der Waals surface area (Å²) in [6.45, 7) is 5.25. The summed E-state index contributed by atoms with van der Waals surface area (Å²) in [5.41, 5.74) is 6.88. The third-order valence-corrected chi connectivity index (χ3v) is 4.16. The first-order valence-corrected chi connectivity index (χ1v) is 7.45. The average molecular weight is 289 g/mol. The van der Waals surface area contributed by atoms with Crippen LogP contribution in [0.3, 0.4) is 0 Å². The largest absolute Gasteiger partial charge is 0.399 e. The number of benzene rings is 1. The second-order valence-electron chi connectivity index (χ2n) is 5.45. The third-order valence-electron chi connectivity index (χ3n) is 4.16. The summed E-state index contributed by atoms with van der Waals surface area (Å²) < 4.78 is 0. The molecule has 1 aromatic rings. The van der Waals surface area contributed by atoms with Gasteiger partial charge in [-0.2, -0.15) is 0 Å². The second kappa shape index (κ2) is 6.16. The van der Waals surface area contributed by atoms with Crippen molar-refractivity contribution in [3.05, 3.63) is 29.8 Å². The van der Waals surface area contributed by atoms with Gasteiger partial charge in [-0.1, -0.05) is 12.1 Å². The van der Waals surface area contributed by atoms with Crippen LogP contribution in [0.2, 0.25) is 0 Å². The molecule has 5 nitrogen and oxygen atoms in total. The summed E-state index contributed by atoms with van der Waals surface area (Å²) >= 11 is 0. The van der Waals surface area contributed by atoms with Crippen molar-refractivity contribution in [3.63, 3.8) is 0 Å². The van der Waals surface area contributed by atoms with Crippen molar-refractivity contribution in [1.82, 2.24) is 10.2 Å². The van der Waals surface area contributed by atoms with Gasteiger partial charge >= 0.3 is 0 Å². The maximum absolute atomic E-state index is 12.4. The molecule has 0 aromatic heterocycles. The number of carbonyl (C=O) groups is 2. The van der Waals surface area contributed by atoms with Gasteiger partial charge in [-0.05, 0) is 44.4 Å². The van der Waals surface area contributed by atoms with Crippen LogP contribution in [0, 0.1) is 0 Å². The lowest BCUT2D eigenvalue weighted by Crippen LogP contribution is -2.43. The van der Waals surface area contributed by atoms with Gasteiger partial charge in [-0.25, -0.2) is 0 Å². The van der Waals surface area contributed by atoms with Crippen LogP contribution in [-0.2, 0) is 15.0 Å². The van der Waals surface area contributed by atoms with Crippen molar-refractivity contribution in [3.8, 4) is 0 Å². The number of rotatable bonds is 6. The number of amides is 2. The van der Waals surface area contributed by atoms with E-state index in [0.29, 0.717) is 18.8 Å². The summed E-state index contributed by atoms with van der Waals surface area (Å²) in [7, 11) is 0. The van der Waals surface area contributed by atoms with Crippen molar-refractivity contribution in [1.29, 1.82) is 0 Å². The Balaban J connectivity index is 1.97. The Morgan fingerprint density at radius 3 is 2.24 bits per heavy atom. The molecule has 114 valence electrons. The zero-order valence-electron chi connectivity index (χ0n) is 12.7. The molecule has 21 heavy (non-hydrogen) atoms. The van der Waals surface area contributed by atoms with Crippen LogP contribution >= 0.6 is 0 Å². The Kier molecular flexibility index (Phi) is 4.50. The average Bonchev–Trinajstić information content (AvgIpc) is 3.28. The molecule has 2 rings (SSSR count). The topological polar surface area (TPSA) is 75.4 Å². The number of hydrogen-bond donors (Lipinski definition) is 2. The first-order valence-electron chi connectivity index (χ1n) is 7.45. The Morgan fingerprint density at radius 2 is 1.76 bits per heavy atom. The van der Waals surface area contributed by atoms with E-state index in [4.69, 9.17) is 5.73 Å². The van der Waals surface area contributed by atoms with Crippen LogP contribution in [0.4, 0.5) is 5.69 Å². The monoisotopic (exact) mass is 289 g/mol. The van der Waals surface area contributed by atoms with Gasteiger partial charge in [0, 0.05) is 18.8 Å². The van der Waals surface area contributed by atoms with Gasteiger partial charge in [0.1, 0.15) is 0 Å². The normalized spacial score (nSPS) is 15.3. The van der Waals surface area contributed by atoms with E-state index in [-0.39, 0.29) is 18.4 Å². The number of carbonyl (C=O) groups excluding carboxylic acids is 2. The molecular formula is C16H23N3O2. The lowest BCUT2D eigenvalue weighted by molar-refractivity contribution is -0.133. The Bertz CT molecular complexity index is 517. The molecule has 0 bridgehead atoms. The van der Waals surface area contributed by atoms with E-state index in [0.717, 1.165) is 18.4 Å². The van der Waals surface area contributed by atoms with E-state index in [2.05, 4.69) is 5.32 Å². The molecular weight excluding hydrogens is 266 g/mol. The fourth-order valence-corrected chi connectivity index (χ4v) is 2.59. The number of nitrogens with two attached hydrogens (primary N) is 1. The molecule has 1 fully saturated rings. The Labute approximate surface area is 125 Å². The van der Waals surface area contributed by atoms with Gasteiger partial charge in [-0.15, -0.1) is 0 Å². The van der Waals surface area contributed by atoms with Crippen molar-refractivity contribution in [2.24, 2.45) is 0 Å². The molecule has 2 amide bonds. The summed E-state index contributed by atoms with van der Waals surface area (Å²) in [6.07, 6.45) is 1.64. The van der Waals surface area contributed by atoms with Crippen LogP contribution in [0.15, 0.2) is 24.3 Å². The van der Waals surface area contributed by atoms with E-state index in [1.807, 2.05) is 38.1 Å². The standard InChI is InChI=1S/C16H23N3O2/c1-3-19(4-2)14(20)11-18-15(21)16(9-10-16)12-5-7-13(17)8-6-12/h5-8H,3-4,9-11,17H2,1-2H3,(H,18,21). The lowest BCUT2D eigenvalue weighted by Gasteiger charge is -2.20. The van der Waals surface area contributed by atoms with E-state index in [1.54, 1.807) is 4.90 Å². The fourth-order valence-electron chi connectivity index (χ4n) is 2.59. The summed E-state index contributed by atoms with van der Waals surface area (Å²) in [5.74, 6) is -0.103. The van der Waals surface area contributed by atoms with Gasteiger partial charge in [0.15, 0.2) is 0 Å². The molecule has 0 aliphatic heterocycles. The molecule has 0 radical (unpaired) electrons. The number of nitrogens with zero attached hydrogens (tertiary/aromatic N) is 1. The first kappa shape index (κ1) is 15.4. The van der Waals surface area contributed by atoms with Gasteiger partial charge in [-0.3, -0.25) is 9.59 Å². The molecule has 0 unspecified atom stereocenters. The highest BCUT2D eigenvalue weighted by molar-refractivity contribution is 5.94. The molecule has 0 saturated heterocycles. The Morgan fingerprint density at radius 1 is 1.19 bits per heavy atom. The van der Waals surface area contributed by atoms with Gasteiger partial charge in [0.25, 0.3) is 0 Å². The smallest absolute Gasteiger partial charge is 0.241 e. The SMILES string of the molecule is CCN(CC)C(=O)CNC(=O)C1(c2ccc(N)cc2)CC1. The van der Waals surface area contributed by atoms with Gasteiger partial charge in [0.2, 0.25) is 11.8 Å². The maximum atomic E-state index is 12.4. The maximum Gasteiger partial charge on any atom is 0.241 e. The lowest BCUT2D eigenvalue weighted by atomic mass is 9.95. The van der Waals surface area contributed by atoms with Crippen molar-refractivity contribution in [2.45, 2.75) is 32.1 Å². The highest BCUT2D eigenvalue weighted by atomic mass is 16.2. The molecule has 1 saturated carbocycles. The predicted octanol–water partition coefficient (Wildman–Crippen LogP) is 1.29. The predicted molar refractivity (Wildman–Crippen MR) is 82.7 cm³/mol. The quantitative estimate of drug-likeness (QED) is 0.775.